The van der Waals surface area contributed by atoms with E-state index in [4.69, 9.17) is 4.42 Å². The van der Waals surface area contributed by atoms with Crippen molar-refractivity contribution < 1.29 is 13.2 Å². The number of halogens is 2. The smallest absolute Gasteiger partial charge is 0.331 e. The fourth-order valence-electron chi connectivity index (χ4n) is 3.63. The molecule has 0 fully saturated rings. The average Bonchev–Trinajstić information content (AvgIpc) is 3.37. The summed E-state index contributed by atoms with van der Waals surface area (Å²) < 4.78 is 32.8. The molecule has 4 aromatic heterocycles. The number of rotatable bonds is 5. The van der Waals surface area contributed by atoms with Crippen molar-refractivity contribution in [1.29, 1.82) is 0 Å². The van der Waals surface area contributed by atoms with Gasteiger partial charge in [0.2, 0.25) is 5.89 Å². The largest absolute Gasteiger partial charge is 0.415 e. The molecule has 0 N–H and O–H groups in total. The molecular formula is C23H16F2N6O3. The Labute approximate surface area is 190 Å². The zero-order valence-electron chi connectivity index (χ0n) is 17.7. The lowest BCUT2D eigenvalue weighted by atomic mass is 10.0. The molecule has 0 spiro atoms. The van der Waals surface area contributed by atoms with Crippen LogP contribution in [0.2, 0.25) is 0 Å². The fraction of sp³-hybridized carbons (Fsp3) is 0.130. The van der Waals surface area contributed by atoms with E-state index >= 15 is 0 Å². The second-order valence-electron chi connectivity index (χ2n) is 7.49. The molecule has 0 saturated carbocycles. The van der Waals surface area contributed by atoms with Crippen molar-refractivity contribution in [2.24, 2.45) is 7.05 Å². The topological polar surface area (TPSA) is 109 Å². The molecule has 4 heterocycles. The molecule has 5 rings (SSSR count). The van der Waals surface area contributed by atoms with Crippen LogP contribution < -0.4 is 11.2 Å². The summed E-state index contributed by atoms with van der Waals surface area (Å²) in [6, 6.07) is 12.1. The van der Waals surface area contributed by atoms with Crippen molar-refractivity contribution in [2.45, 2.75) is 13.0 Å². The molecular weight excluding hydrogens is 446 g/mol. The van der Waals surface area contributed by atoms with Crippen molar-refractivity contribution in [3.63, 3.8) is 0 Å². The average molecular weight is 462 g/mol. The Morgan fingerprint density at radius 2 is 1.74 bits per heavy atom. The van der Waals surface area contributed by atoms with E-state index in [1.165, 1.54) is 10.8 Å². The Bertz CT molecular complexity index is 1610. The van der Waals surface area contributed by atoms with Crippen LogP contribution in [-0.4, -0.2) is 29.3 Å². The number of fused-ring (bicyclic) bond motifs is 1. The Balaban J connectivity index is 1.52. The summed E-state index contributed by atoms with van der Waals surface area (Å²) in [4.78, 5) is 34.4. The molecule has 11 heteroatoms. The second-order valence-corrected chi connectivity index (χ2v) is 7.49. The number of pyridine rings is 2. The zero-order valence-corrected chi connectivity index (χ0v) is 17.7. The minimum atomic E-state index is -2.87. The van der Waals surface area contributed by atoms with Crippen LogP contribution in [0.25, 0.3) is 33.5 Å². The Kier molecular flexibility index (Phi) is 5.28. The molecule has 0 atom stereocenters. The summed E-state index contributed by atoms with van der Waals surface area (Å²) in [6.45, 7) is -0.0761. The molecule has 1 aromatic carbocycles. The first kappa shape index (κ1) is 21.3. The zero-order chi connectivity index (χ0) is 23.8. The summed E-state index contributed by atoms with van der Waals surface area (Å²) in [5.41, 5.74) is 2.05. The van der Waals surface area contributed by atoms with E-state index in [-0.39, 0.29) is 12.4 Å². The minimum Gasteiger partial charge on any atom is -0.415 e. The van der Waals surface area contributed by atoms with Crippen molar-refractivity contribution in [1.82, 2.24) is 29.3 Å². The molecule has 9 nitrogen and oxygen atoms in total. The van der Waals surface area contributed by atoms with Gasteiger partial charge in [0, 0.05) is 25.6 Å². The first-order chi connectivity index (χ1) is 16.4. The van der Waals surface area contributed by atoms with Crippen LogP contribution in [0.4, 0.5) is 8.78 Å². The number of hydrogen-bond acceptors (Lipinski definition) is 7. The van der Waals surface area contributed by atoms with Gasteiger partial charge < -0.3 is 4.42 Å². The predicted molar refractivity (Wildman–Crippen MR) is 118 cm³/mol. The third-order valence-corrected chi connectivity index (χ3v) is 5.38. The number of aromatic nitrogens is 6. The molecule has 170 valence electrons. The van der Waals surface area contributed by atoms with Gasteiger partial charge in [-0.1, -0.05) is 6.07 Å². The summed E-state index contributed by atoms with van der Waals surface area (Å²) >= 11 is 0. The lowest BCUT2D eigenvalue weighted by molar-refractivity contribution is 0.116. The van der Waals surface area contributed by atoms with E-state index in [1.807, 2.05) is 18.2 Å². The number of nitrogens with zero attached hydrogens (tertiary/aromatic N) is 6. The van der Waals surface area contributed by atoms with Crippen molar-refractivity contribution in [3.05, 3.63) is 93.5 Å². The first-order valence-electron chi connectivity index (χ1n) is 10.1. The van der Waals surface area contributed by atoms with E-state index in [9.17, 15) is 18.4 Å². The molecule has 0 bridgehead atoms. The van der Waals surface area contributed by atoms with E-state index in [1.54, 1.807) is 43.7 Å². The van der Waals surface area contributed by atoms with Crippen molar-refractivity contribution in [3.8, 4) is 22.6 Å². The quantitative estimate of drug-likeness (QED) is 0.395. The highest BCUT2D eigenvalue weighted by Gasteiger charge is 2.18. The predicted octanol–water partition coefficient (Wildman–Crippen LogP) is 3.19. The van der Waals surface area contributed by atoms with E-state index < -0.39 is 23.6 Å². The second kappa shape index (κ2) is 8.43. The maximum Gasteiger partial charge on any atom is 0.331 e. The lowest BCUT2D eigenvalue weighted by Gasteiger charge is -2.12. The van der Waals surface area contributed by atoms with Gasteiger partial charge in [-0.2, -0.15) is 8.78 Å². The maximum atomic E-state index is 13.2. The molecule has 0 unspecified atom stereocenters. The number of hydrogen-bond donors (Lipinski definition) is 0. The van der Waals surface area contributed by atoms with Crippen LogP contribution in [0.3, 0.4) is 0 Å². The van der Waals surface area contributed by atoms with Crippen LogP contribution in [-0.2, 0) is 13.6 Å². The highest BCUT2D eigenvalue weighted by atomic mass is 19.3. The van der Waals surface area contributed by atoms with Crippen LogP contribution >= 0.6 is 0 Å². The molecule has 0 aliphatic rings. The summed E-state index contributed by atoms with van der Waals surface area (Å²) in [6.07, 6.45) is 1.81. The third-order valence-electron chi connectivity index (χ3n) is 5.38. The number of benzene rings is 1. The van der Waals surface area contributed by atoms with E-state index in [0.29, 0.717) is 22.2 Å². The standard InChI is InChI=1S/C23H16F2N6O3/c1-30-18-5-3-14(13-6-8-26-9-7-13)10-17(18)22(32)31(23(30)33)12-16-4-2-15(11-27-16)20-28-29-21(34-20)19(24)25/h2-11,19H,12H2,1H3. The maximum absolute atomic E-state index is 13.2. The molecule has 5 aromatic rings. The van der Waals surface area contributed by atoms with Gasteiger partial charge in [-0.05, 0) is 47.5 Å². The highest BCUT2D eigenvalue weighted by Crippen LogP contribution is 2.23. The van der Waals surface area contributed by atoms with E-state index in [0.717, 1.165) is 15.7 Å². The summed E-state index contributed by atoms with van der Waals surface area (Å²) in [7, 11) is 1.60. The van der Waals surface area contributed by atoms with Gasteiger partial charge in [0.15, 0.2) is 0 Å². The monoisotopic (exact) mass is 462 g/mol. The number of alkyl halides is 2. The third kappa shape index (κ3) is 3.76. The van der Waals surface area contributed by atoms with Gasteiger partial charge in [-0.3, -0.25) is 23.9 Å². The SMILES string of the molecule is Cn1c(=O)n(Cc2ccc(-c3nnc(C(F)F)o3)cn2)c(=O)c2cc(-c3ccncc3)ccc21. The first-order valence-corrected chi connectivity index (χ1v) is 10.1. The van der Waals surface area contributed by atoms with Gasteiger partial charge >= 0.3 is 12.1 Å². The molecule has 0 amide bonds. The van der Waals surface area contributed by atoms with Crippen molar-refractivity contribution in [2.75, 3.05) is 0 Å². The van der Waals surface area contributed by atoms with Crippen LogP contribution in [0.5, 0.6) is 0 Å². The summed E-state index contributed by atoms with van der Waals surface area (Å²) in [5, 5.41) is 7.25. The van der Waals surface area contributed by atoms with E-state index in [2.05, 4.69) is 20.2 Å². The lowest BCUT2D eigenvalue weighted by Crippen LogP contribution is -2.39. The highest BCUT2D eigenvalue weighted by molar-refractivity contribution is 5.84. The molecule has 34 heavy (non-hydrogen) atoms. The van der Waals surface area contributed by atoms with Gasteiger partial charge in [0.05, 0.1) is 28.7 Å². The summed E-state index contributed by atoms with van der Waals surface area (Å²) in [5.74, 6) is -0.881. The van der Waals surface area contributed by atoms with Gasteiger partial charge in [-0.15, -0.1) is 10.2 Å². The Morgan fingerprint density at radius 3 is 2.41 bits per heavy atom. The molecule has 0 aliphatic heterocycles. The Morgan fingerprint density at radius 1 is 0.971 bits per heavy atom. The number of aryl methyl sites for hydroxylation is 1. The van der Waals surface area contributed by atoms with Crippen LogP contribution in [0.1, 0.15) is 18.0 Å². The van der Waals surface area contributed by atoms with Gasteiger partial charge in [-0.25, -0.2) is 4.79 Å². The molecule has 0 saturated heterocycles. The normalized spacial score (nSPS) is 11.4. The van der Waals surface area contributed by atoms with Gasteiger partial charge in [0.25, 0.3) is 11.4 Å². The molecule has 0 aliphatic carbocycles. The Hall–Kier alpha value is -4.54. The van der Waals surface area contributed by atoms with Crippen molar-refractivity contribution >= 4 is 10.9 Å². The van der Waals surface area contributed by atoms with Crippen LogP contribution in [0, 0.1) is 0 Å². The van der Waals surface area contributed by atoms with Gasteiger partial charge in [0.1, 0.15) is 0 Å². The minimum absolute atomic E-state index is 0.0761. The van der Waals surface area contributed by atoms with Crippen LogP contribution in [0.15, 0.2) is 75.1 Å². The fourth-order valence-corrected chi connectivity index (χ4v) is 3.63. The molecule has 0 radical (unpaired) electrons.